The van der Waals surface area contributed by atoms with E-state index in [1.54, 1.807) is 6.20 Å². The summed E-state index contributed by atoms with van der Waals surface area (Å²) in [6.07, 6.45) is 8.38. The molecule has 0 radical (unpaired) electrons. The van der Waals surface area contributed by atoms with Crippen LogP contribution in [0, 0.1) is 6.92 Å². The van der Waals surface area contributed by atoms with Crippen molar-refractivity contribution in [2.24, 2.45) is 0 Å². The molecule has 1 aromatic heterocycles. The maximum atomic E-state index is 12.5. The number of pyridine rings is 1. The fourth-order valence-corrected chi connectivity index (χ4v) is 3.19. The van der Waals surface area contributed by atoms with Crippen LogP contribution >= 0.6 is 0 Å². The lowest BCUT2D eigenvalue weighted by atomic mass is 10.1. The zero-order valence-electron chi connectivity index (χ0n) is 13.4. The summed E-state index contributed by atoms with van der Waals surface area (Å²) in [5.74, 6) is 0. The number of rotatable bonds is 2. The molecule has 0 aliphatic heterocycles. The Kier molecular flexibility index (Phi) is 4.65. The summed E-state index contributed by atoms with van der Waals surface area (Å²) in [6.45, 7) is 1.94. The molecule has 0 spiro atoms. The molecule has 1 saturated carbocycles. The van der Waals surface area contributed by atoms with Crippen LogP contribution in [0.25, 0.3) is 10.9 Å². The zero-order valence-corrected chi connectivity index (χ0v) is 13.4. The van der Waals surface area contributed by atoms with Crippen molar-refractivity contribution in [3.05, 3.63) is 40.2 Å². The zero-order chi connectivity index (χ0) is 16.2. The van der Waals surface area contributed by atoms with E-state index in [1.165, 1.54) is 12.8 Å². The van der Waals surface area contributed by atoms with Gasteiger partial charge in [0, 0.05) is 23.1 Å². The average Bonchev–Trinajstić information content (AvgIpc) is 2.79. The lowest BCUT2D eigenvalue weighted by molar-refractivity contribution is 0.247. The summed E-state index contributed by atoms with van der Waals surface area (Å²) in [7, 11) is 0. The Labute approximate surface area is 135 Å². The topological polar surface area (TPSA) is 74.0 Å². The Hall–Kier alpha value is -2.30. The molecule has 5 nitrogen and oxygen atoms in total. The lowest BCUT2D eigenvalue weighted by Crippen LogP contribution is -2.38. The fourth-order valence-electron chi connectivity index (χ4n) is 3.19. The number of amides is 2. The van der Waals surface area contributed by atoms with Crippen molar-refractivity contribution in [3.63, 3.8) is 0 Å². The van der Waals surface area contributed by atoms with Crippen LogP contribution in [0.5, 0.6) is 0 Å². The van der Waals surface area contributed by atoms with Crippen LogP contribution in [0.3, 0.4) is 0 Å². The van der Waals surface area contributed by atoms with Gasteiger partial charge in [-0.3, -0.25) is 4.79 Å². The molecule has 1 aliphatic carbocycles. The molecular weight excluding hydrogens is 290 g/mol. The highest BCUT2D eigenvalue weighted by Crippen LogP contribution is 2.17. The fraction of sp³-hybridized carbons (Fsp3) is 0.444. The molecule has 2 aromatic rings. The molecule has 2 amide bonds. The van der Waals surface area contributed by atoms with E-state index >= 15 is 0 Å². The highest BCUT2D eigenvalue weighted by molar-refractivity contribution is 5.92. The molecular formula is C18H23N3O2. The lowest BCUT2D eigenvalue weighted by Gasteiger charge is -2.16. The maximum Gasteiger partial charge on any atom is 0.319 e. The number of fused-ring (bicyclic) bond motifs is 1. The van der Waals surface area contributed by atoms with E-state index in [9.17, 15) is 9.59 Å². The molecule has 1 heterocycles. The van der Waals surface area contributed by atoms with Gasteiger partial charge >= 0.3 is 6.03 Å². The molecule has 0 bridgehead atoms. The van der Waals surface area contributed by atoms with Crippen LogP contribution in [-0.4, -0.2) is 17.1 Å². The first-order chi connectivity index (χ1) is 11.1. The predicted octanol–water partition coefficient (Wildman–Crippen LogP) is 3.68. The summed E-state index contributed by atoms with van der Waals surface area (Å²) >= 11 is 0. The molecule has 0 saturated heterocycles. The van der Waals surface area contributed by atoms with E-state index in [0.29, 0.717) is 5.39 Å². The number of aromatic amines is 1. The molecule has 1 aliphatic rings. The number of aryl methyl sites for hydroxylation is 1. The van der Waals surface area contributed by atoms with E-state index in [0.717, 1.165) is 36.8 Å². The average molecular weight is 313 g/mol. The van der Waals surface area contributed by atoms with Gasteiger partial charge < -0.3 is 15.6 Å². The normalized spacial score (nSPS) is 16.0. The number of benzene rings is 1. The third-order valence-corrected chi connectivity index (χ3v) is 4.47. The SMILES string of the molecule is Cc1ccc2[nH]cc(NC(=O)NC3CCCCCC3)c(=O)c2c1. The molecule has 122 valence electrons. The van der Waals surface area contributed by atoms with E-state index in [4.69, 9.17) is 0 Å². The second-order valence-corrected chi connectivity index (χ2v) is 6.37. The van der Waals surface area contributed by atoms with E-state index in [1.807, 2.05) is 25.1 Å². The van der Waals surface area contributed by atoms with Crippen LogP contribution < -0.4 is 16.1 Å². The predicted molar refractivity (Wildman–Crippen MR) is 93.0 cm³/mol. The van der Waals surface area contributed by atoms with Crippen molar-refractivity contribution in [2.75, 3.05) is 5.32 Å². The van der Waals surface area contributed by atoms with Gasteiger partial charge in [0.25, 0.3) is 0 Å². The van der Waals surface area contributed by atoms with Crippen LogP contribution in [0.1, 0.15) is 44.1 Å². The monoisotopic (exact) mass is 313 g/mol. The van der Waals surface area contributed by atoms with Crippen LogP contribution in [0.15, 0.2) is 29.2 Å². The second kappa shape index (κ2) is 6.86. The van der Waals surface area contributed by atoms with Gasteiger partial charge in [-0.2, -0.15) is 0 Å². The van der Waals surface area contributed by atoms with Crippen LogP contribution in [-0.2, 0) is 0 Å². The minimum Gasteiger partial charge on any atom is -0.359 e. The van der Waals surface area contributed by atoms with Crippen molar-refractivity contribution in [1.29, 1.82) is 0 Å². The van der Waals surface area contributed by atoms with Gasteiger partial charge in [0.2, 0.25) is 5.43 Å². The third kappa shape index (κ3) is 3.73. The van der Waals surface area contributed by atoms with E-state index < -0.39 is 0 Å². The van der Waals surface area contributed by atoms with Gasteiger partial charge in [-0.15, -0.1) is 0 Å². The second-order valence-electron chi connectivity index (χ2n) is 6.37. The standard InChI is InChI=1S/C18H23N3O2/c1-12-8-9-15-14(10-12)17(22)16(11-19-15)21-18(23)20-13-6-4-2-3-5-7-13/h8-11,13H,2-7H2,1H3,(H,19,22)(H2,20,21,23). The smallest absolute Gasteiger partial charge is 0.319 e. The van der Waals surface area contributed by atoms with Gasteiger partial charge in [-0.1, -0.05) is 37.3 Å². The van der Waals surface area contributed by atoms with Crippen molar-refractivity contribution < 1.29 is 4.79 Å². The van der Waals surface area contributed by atoms with Crippen molar-refractivity contribution in [3.8, 4) is 0 Å². The molecule has 0 atom stereocenters. The van der Waals surface area contributed by atoms with Crippen molar-refractivity contribution >= 4 is 22.6 Å². The summed E-state index contributed by atoms with van der Waals surface area (Å²) in [4.78, 5) is 27.7. The van der Waals surface area contributed by atoms with Gasteiger partial charge in [0.05, 0.1) is 0 Å². The molecule has 3 rings (SSSR count). The Morgan fingerprint density at radius 1 is 1.17 bits per heavy atom. The highest BCUT2D eigenvalue weighted by Gasteiger charge is 2.15. The molecule has 3 N–H and O–H groups in total. The van der Waals surface area contributed by atoms with Crippen molar-refractivity contribution in [2.45, 2.75) is 51.5 Å². The quantitative estimate of drug-likeness (QED) is 0.740. The number of carbonyl (C=O) groups is 1. The summed E-state index contributed by atoms with van der Waals surface area (Å²) in [5, 5.41) is 6.28. The number of urea groups is 1. The molecule has 1 aromatic carbocycles. The Balaban J connectivity index is 1.74. The third-order valence-electron chi connectivity index (χ3n) is 4.47. The first-order valence-corrected chi connectivity index (χ1v) is 8.33. The first kappa shape index (κ1) is 15.6. The number of anilines is 1. The molecule has 23 heavy (non-hydrogen) atoms. The van der Waals surface area contributed by atoms with Gasteiger partial charge in [-0.05, 0) is 31.9 Å². The Morgan fingerprint density at radius 3 is 2.65 bits per heavy atom. The summed E-state index contributed by atoms with van der Waals surface area (Å²) in [5.41, 5.74) is 1.92. The van der Waals surface area contributed by atoms with Crippen molar-refractivity contribution in [1.82, 2.24) is 10.3 Å². The number of aromatic nitrogens is 1. The van der Waals surface area contributed by atoms with Crippen LogP contribution in [0.4, 0.5) is 10.5 Å². The Morgan fingerprint density at radius 2 is 1.91 bits per heavy atom. The maximum absolute atomic E-state index is 12.5. The number of nitrogens with one attached hydrogen (secondary N) is 3. The van der Waals surface area contributed by atoms with Gasteiger partial charge in [-0.25, -0.2) is 4.79 Å². The Bertz CT molecular complexity index is 758. The number of hydrogen-bond donors (Lipinski definition) is 3. The molecule has 5 heteroatoms. The largest absolute Gasteiger partial charge is 0.359 e. The minimum atomic E-state index is -0.297. The molecule has 0 unspecified atom stereocenters. The summed E-state index contributed by atoms with van der Waals surface area (Å²) in [6, 6.07) is 5.57. The van der Waals surface area contributed by atoms with E-state index in [-0.39, 0.29) is 23.2 Å². The number of hydrogen-bond acceptors (Lipinski definition) is 2. The minimum absolute atomic E-state index is 0.154. The number of H-pyrrole nitrogens is 1. The van der Waals surface area contributed by atoms with E-state index in [2.05, 4.69) is 15.6 Å². The summed E-state index contributed by atoms with van der Waals surface area (Å²) < 4.78 is 0. The first-order valence-electron chi connectivity index (χ1n) is 8.33. The van der Waals surface area contributed by atoms with Gasteiger partial charge in [0.1, 0.15) is 5.69 Å². The molecule has 1 fully saturated rings. The van der Waals surface area contributed by atoms with Crippen LogP contribution in [0.2, 0.25) is 0 Å². The number of carbonyl (C=O) groups excluding carboxylic acids is 1. The van der Waals surface area contributed by atoms with Gasteiger partial charge in [0.15, 0.2) is 0 Å². The highest BCUT2D eigenvalue weighted by atomic mass is 16.2.